The van der Waals surface area contributed by atoms with Gasteiger partial charge >= 0.3 is 0 Å². The zero-order chi connectivity index (χ0) is 19.2. The first-order valence-electron chi connectivity index (χ1n) is 8.01. The fourth-order valence-corrected chi connectivity index (χ4v) is 4.48. The molecular formula is C17H22N2O6S. The van der Waals surface area contributed by atoms with Crippen molar-refractivity contribution in [2.24, 2.45) is 5.92 Å². The highest BCUT2D eigenvalue weighted by atomic mass is 32.2. The van der Waals surface area contributed by atoms with E-state index in [-0.39, 0.29) is 23.8 Å². The summed E-state index contributed by atoms with van der Waals surface area (Å²) in [6, 6.07) is 5.16. The van der Waals surface area contributed by atoms with Crippen molar-refractivity contribution in [1.82, 2.24) is 10.9 Å². The van der Waals surface area contributed by atoms with Gasteiger partial charge in [0.05, 0.1) is 25.7 Å². The zero-order valence-corrected chi connectivity index (χ0v) is 15.5. The second-order valence-corrected chi connectivity index (χ2v) is 8.22. The van der Waals surface area contributed by atoms with Crippen molar-refractivity contribution in [3.05, 3.63) is 29.8 Å². The largest absolute Gasteiger partial charge is 0.497 e. The van der Waals surface area contributed by atoms with E-state index in [2.05, 4.69) is 10.9 Å². The molecule has 9 heteroatoms. The molecule has 8 nitrogen and oxygen atoms in total. The Bertz CT molecular complexity index is 781. The summed E-state index contributed by atoms with van der Waals surface area (Å²) in [6.45, 7) is 0. The van der Waals surface area contributed by atoms with Gasteiger partial charge in [-0.1, -0.05) is 0 Å². The van der Waals surface area contributed by atoms with Crippen LogP contribution in [-0.2, 0) is 19.4 Å². The molecule has 1 saturated heterocycles. The van der Waals surface area contributed by atoms with E-state index in [4.69, 9.17) is 9.47 Å². The average molecular weight is 382 g/mol. The van der Waals surface area contributed by atoms with Crippen LogP contribution in [0.5, 0.6) is 11.5 Å². The molecule has 142 valence electrons. The summed E-state index contributed by atoms with van der Waals surface area (Å²) in [4.78, 5) is 23.6. The summed E-state index contributed by atoms with van der Waals surface area (Å²) < 4.78 is 33.0. The fraction of sp³-hybridized carbons (Fsp3) is 0.412. The number of methoxy groups -OCH3 is 2. The van der Waals surface area contributed by atoms with Crippen LogP contribution in [0.1, 0.15) is 18.4 Å². The molecule has 1 heterocycles. The van der Waals surface area contributed by atoms with E-state index >= 15 is 0 Å². The first kappa shape index (κ1) is 19.8. The molecule has 1 aliphatic heterocycles. The predicted octanol–water partition coefficient (Wildman–Crippen LogP) is 0.689. The molecule has 26 heavy (non-hydrogen) atoms. The van der Waals surface area contributed by atoms with Crippen LogP contribution >= 0.6 is 0 Å². The van der Waals surface area contributed by atoms with Crippen molar-refractivity contribution in [2.45, 2.75) is 12.8 Å². The Morgan fingerprint density at radius 1 is 1.15 bits per heavy atom. The highest BCUT2D eigenvalue weighted by Gasteiger charge is 2.29. The lowest BCUT2D eigenvalue weighted by atomic mass is 10.1. The van der Waals surface area contributed by atoms with Gasteiger partial charge in [0, 0.05) is 18.6 Å². The van der Waals surface area contributed by atoms with Gasteiger partial charge < -0.3 is 9.47 Å². The van der Waals surface area contributed by atoms with Crippen molar-refractivity contribution in [3.8, 4) is 11.5 Å². The molecule has 0 spiro atoms. The molecule has 0 aromatic heterocycles. The third-order valence-corrected chi connectivity index (χ3v) is 5.76. The Hall–Kier alpha value is -2.55. The minimum atomic E-state index is -3.02. The van der Waals surface area contributed by atoms with Crippen LogP contribution in [0.2, 0.25) is 0 Å². The number of sulfone groups is 1. The molecule has 0 unspecified atom stereocenters. The Labute approximate surface area is 152 Å². The summed E-state index contributed by atoms with van der Waals surface area (Å²) in [5, 5.41) is 0. The average Bonchev–Trinajstić information content (AvgIpc) is 2.96. The van der Waals surface area contributed by atoms with Crippen LogP contribution in [-0.4, -0.2) is 46.0 Å². The predicted molar refractivity (Wildman–Crippen MR) is 96.2 cm³/mol. The van der Waals surface area contributed by atoms with Gasteiger partial charge in [-0.15, -0.1) is 0 Å². The summed E-state index contributed by atoms with van der Waals surface area (Å²) >= 11 is 0. The quantitative estimate of drug-likeness (QED) is 0.553. The van der Waals surface area contributed by atoms with Gasteiger partial charge in [-0.2, -0.15) is 0 Å². The van der Waals surface area contributed by atoms with Gasteiger partial charge in [0.1, 0.15) is 11.5 Å². The maximum absolute atomic E-state index is 11.8. The lowest BCUT2D eigenvalue weighted by molar-refractivity contribution is -0.127. The van der Waals surface area contributed by atoms with E-state index in [0.717, 1.165) is 0 Å². The molecule has 2 N–H and O–H groups in total. The van der Waals surface area contributed by atoms with Crippen LogP contribution in [0.25, 0.3) is 6.08 Å². The SMILES string of the molecule is COc1cc(/C=C/C(=O)NNC(=O)C[C@H]2CCS(=O)(=O)C2)cc(OC)c1. The van der Waals surface area contributed by atoms with E-state index in [1.807, 2.05) is 0 Å². The van der Waals surface area contributed by atoms with Crippen molar-refractivity contribution in [1.29, 1.82) is 0 Å². The summed E-state index contributed by atoms with van der Waals surface area (Å²) in [7, 11) is 0.0336. The number of nitrogens with one attached hydrogen (secondary N) is 2. The molecule has 2 rings (SSSR count). The Morgan fingerprint density at radius 3 is 2.35 bits per heavy atom. The number of carbonyl (C=O) groups is 2. The van der Waals surface area contributed by atoms with Crippen LogP contribution in [0.15, 0.2) is 24.3 Å². The Kier molecular flexibility index (Phi) is 6.62. The molecule has 1 fully saturated rings. The van der Waals surface area contributed by atoms with Crippen LogP contribution in [0.3, 0.4) is 0 Å². The first-order chi connectivity index (χ1) is 12.3. The third-order valence-electron chi connectivity index (χ3n) is 3.93. The topological polar surface area (TPSA) is 111 Å². The van der Waals surface area contributed by atoms with Gasteiger partial charge in [0.15, 0.2) is 9.84 Å². The number of hydrogen-bond donors (Lipinski definition) is 2. The Balaban J connectivity index is 1.83. The highest BCUT2D eigenvalue weighted by Crippen LogP contribution is 2.23. The lowest BCUT2D eigenvalue weighted by Gasteiger charge is -2.09. The zero-order valence-electron chi connectivity index (χ0n) is 14.7. The van der Waals surface area contributed by atoms with E-state index in [1.165, 1.54) is 20.3 Å². The van der Waals surface area contributed by atoms with Crippen molar-refractivity contribution >= 4 is 27.7 Å². The van der Waals surface area contributed by atoms with E-state index in [1.54, 1.807) is 24.3 Å². The molecule has 0 radical (unpaired) electrons. The molecule has 1 aromatic rings. The third kappa shape index (κ3) is 6.07. The van der Waals surface area contributed by atoms with Crippen LogP contribution in [0, 0.1) is 5.92 Å². The number of ether oxygens (including phenoxy) is 2. The minimum absolute atomic E-state index is 0.0198. The van der Waals surface area contributed by atoms with E-state index < -0.39 is 21.7 Å². The smallest absolute Gasteiger partial charge is 0.262 e. The second kappa shape index (κ2) is 8.70. The lowest BCUT2D eigenvalue weighted by Crippen LogP contribution is -2.41. The summed E-state index contributed by atoms with van der Waals surface area (Å²) in [5.41, 5.74) is 5.24. The molecule has 0 bridgehead atoms. The van der Waals surface area contributed by atoms with E-state index in [9.17, 15) is 18.0 Å². The van der Waals surface area contributed by atoms with Gasteiger partial charge in [0.25, 0.3) is 5.91 Å². The number of hydrazine groups is 1. The first-order valence-corrected chi connectivity index (χ1v) is 9.84. The molecule has 1 aliphatic rings. The minimum Gasteiger partial charge on any atom is -0.497 e. The monoisotopic (exact) mass is 382 g/mol. The molecule has 1 atom stereocenters. The van der Waals surface area contributed by atoms with Crippen molar-refractivity contribution in [2.75, 3.05) is 25.7 Å². The standard InChI is InChI=1S/C17H22N2O6S/c1-24-14-7-12(8-15(10-14)25-2)3-4-16(20)18-19-17(21)9-13-5-6-26(22,23)11-13/h3-4,7-8,10,13H,5-6,9,11H2,1-2H3,(H,18,20)(H,19,21)/b4-3+/t13-/m1/s1. The van der Waals surface area contributed by atoms with Crippen molar-refractivity contribution in [3.63, 3.8) is 0 Å². The van der Waals surface area contributed by atoms with Gasteiger partial charge in [-0.25, -0.2) is 8.42 Å². The normalized spacial score (nSPS) is 18.5. The fourth-order valence-electron chi connectivity index (χ4n) is 2.62. The van der Waals surface area contributed by atoms with E-state index in [0.29, 0.717) is 23.5 Å². The van der Waals surface area contributed by atoms with Crippen LogP contribution in [0.4, 0.5) is 0 Å². The van der Waals surface area contributed by atoms with Gasteiger partial charge in [-0.05, 0) is 36.1 Å². The number of amides is 2. The molecule has 0 saturated carbocycles. The van der Waals surface area contributed by atoms with Crippen molar-refractivity contribution < 1.29 is 27.5 Å². The number of hydrogen-bond acceptors (Lipinski definition) is 6. The summed E-state index contributed by atoms with van der Waals surface area (Å²) in [5.74, 6) is 0.178. The van der Waals surface area contributed by atoms with Crippen LogP contribution < -0.4 is 20.3 Å². The highest BCUT2D eigenvalue weighted by molar-refractivity contribution is 7.91. The molecular weight excluding hydrogens is 360 g/mol. The summed E-state index contributed by atoms with van der Waals surface area (Å²) in [6.07, 6.45) is 3.35. The number of carbonyl (C=O) groups excluding carboxylic acids is 2. The maximum atomic E-state index is 11.8. The Morgan fingerprint density at radius 2 is 1.81 bits per heavy atom. The number of benzene rings is 1. The number of rotatable bonds is 6. The maximum Gasteiger partial charge on any atom is 0.262 e. The molecule has 0 aliphatic carbocycles. The molecule has 2 amide bonds. The molecule has 1 aromatic carbocycles. The van der Waals surface area contributed by atoms with Gasteiger partial charge in [0.2, 0.25) is 5.91 Å². The van der Waals surface area contributed by atoms with Gasteiger partial charge in [-0.3, -0.25) is 20.4 Å². The second-order valence-electron chi connectivity index (χ2n) is 5.99.